The molecular weight excluding hydrogens is 315 g/mol. The predicted octanol–water partition coefficient (Wildman–Crippen LogP) is 3.10. The van der Waals surface area contributed by atoms with E-state index in [2.05, 4.69) is 5.32 Å². The summed E-state index contributed by atoms with van der Waals surface area (Å²) >= 11 is 11.8. The largest absolute Gasteiger partial charge is 0.481 e. The number of carboxylic acids is 1. The van der Waals surface area contributed by atoms with Gasteiger partial charge in [0.05, 0.1) is 10.4 Å². The van der Waals surface area contributed by atoms with Gasteiger partial charge in [0.1, 0.15) is 10.8 Å². The van der Waals surface area contributed by atoms with E-state index in [0.29, 0.717) is 23.6 Å². The van der Waals surface area contributed by atoms with Crippen molar-refractivity contribution in [1.29, 1.82) is 0 Å². The van der Waals surface area contributed by atoms with Crippen LogP contribution in [0.25, 0.3) is 0 Å². The van der Waals surface area contributed by atoms with Crippen molar-refractivity contribution in [2.75, 3.05) is 6.54 Å². The first-order valence-corrected chi connectivity index (χ1v) is 7.65. The maximum absolute atomic E-state index is 12.2. The zero-order valence-electron chi connectivity index (χ0n) is 11.8. The molecule has 116 valence electrons. The first-order chi connectivity index (χ1) is 9.87. The summed E-state index contributed by atoms with van der Waals surface area (Å²) in [4.78, 5) is 23.7. The Kier molecular flexibility index (Phi) is 4.84. The number of nitrogens with zero attached hydrogens (tertiary/aromatic N) is 1. The molecule has 1 heterocycles. The molecule has 5 nitrogen and oxygen atoms in total. The zero-order chi connectivity index (χ0) is 15.6. The molecule has 0 atom stereocenters. The van der Waals surface area contributed by atoms with E-state index in [1.165, 1.54) is 10.6 Å². The van der Waals surface area contributed by atoms with Crippen molar-refractivity contribution in [1.82, 2.24) is 9.88 Å². The zero-order valence-corrected chi connectivity index (χ0v) is 13.3. The quantitative estimate of drug-likeness (QED) is 0.889. The van der Waals surface area contributed by atoms with Gasteiger partial charge in [-0.05, 0) is 18.9 Å². The van der Waals surface area contributed by atoms with Crippen LogP contribution in [0.5, 0.6) is 0 Å². The van der Waals surface area contributed by atoms with Crippen LogP contribution in [0, 0.1) is 5.41 Å². The average molecular weight is 333 g/mol. The van der Waals surface area contributed by atoms with Crippen LogP contribution in [0.2, 0.25) is 10.2 Å². The van der Waals surface area contributed by atoms with Gasteiger partial charge in [0.15, 0.2) is 0 Å². The third-order valence-corrected chi connectivity index (χ3v) is 5.04. The van der Waals surface area contributed by atoms with Crippen molar-refractivity contribution in [2.24, 2.45) is 12.5 Å². The first-order valence-electron chi connectivity index (χ1n) is 6.90. The molecule has 1 aliphatic rings. The van der Waals surface area contributed by atoms with Gasteiger partial charge in [-0.25, -0.2) is 0 Å². The summed E-state index contributed by atoms with van der Waals surface area (Å²) in [5.74, 6) is -1.21. The highest BCUT2D eigenvalue weighted by atomic mass is 35.5. The fraction of sp³-hybridized carbons (Fsp3) is 0.571. The second kappa shape index (κ2) is 6.28. The van der Waals surface area contributed by atoms with Gasteiger partial charge in [0.25, 0.3) is 5.91 Å². The van der Waals surface area contributed by atoms with Gasteiger partial charge in [-0.2, -0.15) is 0 Å². The molecule has 21 heavy (non-hydrogen) atoms. The third-order valence-electron chi connectivity index (χ3n) is 4.20. The van der Waals surface area contributed by atoms with Gasteiger partial charge >= 0.3 is 5.97 Å². The van der Waals surface area contributed by atoms with E-state index >= 15 is 0 Å². The maximum Gasteiger partial charge on any atom is 0.311 e. The van der Waals surface area contributed by atoms with Crippen molar-refractivity contribution in [2.45, 2.75) is 32.1 Å². The summed E-state index contributed by atoms with van der Waals surface area (Å²) in [7, 11) is 1.64. The molecule has 2 N–H and O–H groups in total. The Hall–Kier alpha value is -1.20. The number of carbonyl (C=O) groups is 2. The van der Waals surface area contributed by atoms with Crippen molar-refractivity contribution >= 4 is 35.1 Å². The molecule has 0 unspecified atom stereocenters. The first kappa shape index (κ1) is 16.2. The van der Waals surface area contributed by atoms with Crippen LogP contribution in [0.4, 0.5) is 0 Å². The normalized spacial score (nSPS) is 17.5. The Bertz CT molecular complexity index is 563. The molecule has 1 aromatic heterocycles. The number of aromatic nitrogens is 1. The lowest BCUT2D eigenvalue weighted by Crippen LogP contribution is -2.44. The van der Waals surface area contributed by atoms with Crippen LogP contribution in [0.1, 0.15) is 42.6 Å². The molecule has 2 rings (SSSR count). The molecule has 1 aliphatic carbocycles. The molecule has 0 saturated heterocycles. The summed E-state index contributed by atoms with van der Waals surface area (Å²) in [5.41, 5.74) is -0.534. The number of halogens is 2. The van der Waals surface area contributed by atoms with Crippen LogP contribution >= 0.6 is 23.2 Å². The number of carbonyl (C=O) groups excluding carboxylic acids is 1. The number of rotatable bonds is 4. The second-order valence-electron chi connectivity index (χ2n) is 5.56. The summed E-state index contributed by atoms with van der Waals surface area (Å²) in [5, 5.41) is 12.8. The van der Waals surface area contributed by atoms with Gasteiger partial charge in [-0.15, -0.1) is 0 Å². The number of hydrogen-bond donors (Lipinski definition) is 2. The van der Waals surface area contributed by atoms with Crippen LogP contribution < -0.4 is 5.32 Å². The van der Waals surface area contributed by atoms with Gasteiger partial charge < -0.3 is 15.0 Å². The molecule has 0 bridgehead atoms. The summed E-state index contributed by atoms with van der Waals surface area (Å²) < 4.78 is 1.48. The number of aliphatic carboxylic acids is 1. The number of carboxylic acid groups (broad SMARTS) is 1. The highest BCUT2D eigenvalue weighted by molar-refractivity contribution is 6.41. The Labute approximate surface area is 133 Å². The van der Waals surface area contributed by atoms with Gasteiger partial charge in [0, 0.05) is 13.6 Å². The molecule has 7 heteroatoms. The Morgan fingerprint density at radius 1 is 1.33 bits per heavy atom. The van der Waals surface area contributed by atoms with Crippen molar-refractivity contribution in [3.8, 4) is 0 Å². The highest BCUT2D eigenvalue weighted by Gasteiger charge is 2.40. The molecule has 1 fully saturated rings. The minimum atomic E-state index is -0.855. The van der Waals surface area contributed by atoms with E-state index < -0.39 is 11.4 Å². The highest BCUT2D eigenvalue weighted by Crippen LogP contribution is 2.36. The third kappa shape index (κ3) is 3.19. The molecule has 0 aromatic carbocycles. The topological polar surface area (TPSA) is 71.3 Å². The molecule has 1 aromatic rings. The van der Waals surface area contributed by atoms with E-state index in [1.54, 1.807) is 7.05 Å². The maximum atomic E-state index is 12.2. The number of hydrogen-bond acceptors (Lipinski definition) is 2. The number of amides is 1. The molecule has 0 aliphatic heterocycles. The van der Waals surface area contributed by atoms with E-state index in [9.17, 15) is 14.7 Å². The van der Waals surface area contributed by atoms with E-state index in [0.717, 1.165) is 19.3 Å². The molecular formula is C14H18Cl2N2O3. The predicted molar refractivity (Wildman–Crippen MR) is 80.9 cm³/mol. The Morgan fingerprint density at radius 3 is 2.43 bits per heavy atom. The SMILES string of the molecule is Cn1c(C(=O)NCC2(C(=O)O)CCCCC2)cc(Cl)c1Cl. The lowest BCUT2D eigenvalue weighted by atomic mass is 9.74. The van der Waals surface area contributed by atoms with Crippen molar-refractivity contribution < 1.29 is 14.7 Å². The smallest absolute Gasteiger partial charge is 0.311 e. The average Bonchev–Trinajstić information content (AvgIpc) is 2.73. The van der Waals surface area contributed by atoms with Crippen LogP contribution in [-0.4, -0.2) is 28.1 Å². The minimum Gasteiger partial charge on any atom is -0.481 e. The van der Waals surface area contributed by atoms with Crippen LogP contribution in [0.3, 0.4) is 0 Å². The summed E-state index contributed by atoms with van der Waals surface area (Å²) in [6.07, 6.45) is 3.99. The lowest BCUT2D eigenvalue weighted by Gasteiger charge is -2.33. The lowest BCUT2D eigenvalue weighted by molar-refractivity contribution is -0.150. The number of nitrogens with one attached hydrogen (secondary N) is 1. The summed E-state index contributed by atoms with van der Waals surface area (Å²) in [6.45, 7) is 0.127. The Morgan fingerprint density at radius 2 is 1.95 bits per heavy atom. The molecule has 0 radical (unpaired) electrons. The Balaban J connectivity index is 2.08. The van der Waals surface area contributed by atoms with Crippen LogP contribution in [-0.2, 0) is 11.8 Å². The van der Waals surface area contributed by atoms with E-state index in [4.69, 9.17) is 23.2 Å². The minimum absolute atomic E-state index is 0.127. The second-order valence-corrected chi connectivity index (χ2v) is 6.32. The van der Waals surface area contributed by atoms with Gasteiger partial charge in [-0.3, -0.25) is 9.59 Å². The van der Waals surface area contributed by atoms with Crippen molar-refractivity contribution in [3.05, 3.63) is 21.9 Å². The van der Waals surface area contributed by atoms with E-state index in [-0.39, 0.29) is 17.6 Å². The van der Waals surface area contributed by atoms with Gasteiger partial charge in [0.2, 0.25) is 0 Å². The monoisotopic (exact) mass is 332 g/mol. The van der Waals surface area contributed by atoms with Crippen LogP contribution in [0.15, 0.2) is 6.07 Å². The molecule has 1 amide bonds. The fourth-order valence-electron chi connectivity index (χ4n) is 2.80. The molecule has 1 saturated carbocycles. The van der Waals surface area contributed by atoms with Gasteiger partial charge in [-0.1, -0.05) is 42.5 Å². The van der Waals surface area contributed by atoms with E-state index in [1.807, 2.05) is 0 Å². The van der Waals surface area contributed by atoms with Crippen molar-refractivity contribution in [3.63, 3.8) is 0 Å². The standard InChI is InChI=1S/C14H18Cl2N2O3/c1-18-10(7-9(15)11(18)16)12(19)17-8-14(13(20)21)5-3-2-4-6-14/h7H,2-6,8H2,1H3,(H,17,19)(H,20,21). The fourth-order valence-corrected chi connectivity index (χ4v) is 3.17. The summed E-state index contributed by atoms with van der Waals surface area (Å²) in [6, 6.07) is 1.48. The molecule has 0 spiro atoms.